The molecule has 2 fully saturated rings. The molecule has 12 rings (SSSR count). The maximum Gasteiger partial charge on any atom is 0.278 e. The molecule has 0 unspecified atom stereocenters. The number of benzene rings is 4. The van der Waals surface area contributed by atoms with Crippen molar-refractivity contribution in [3.8, 4) is 11.5 Å². The number of amides is 2. The Morgan fingerprint density at radius 2 is 1.12 bits per heavy atom. The lowest BCUT2D eigenvalue weighted by molar-refractivity contribution is -0.117. The molecule has 0 bridgehead atoms. The van der Waals surface area contributed by atoms with Crippen LogP contribution in [-0.4, -0.2) is 100 Å². The van der Waals surface area contributed by atoms with Crippen molar-refractivity contribution in [1.82, 2.24) is 19.2 Å². The second-order valence-corrected chi connectivity index (χ2v) is 19.9. The Hall–Kier alpha value is -7.07. The zero-order chi connectivity index (χ0) is 50.8. The smallest absolute Gasteiger partial charge is 0.278 e. The van der Waals surface area contributed by atoms with Gasteiger partial charge in [-0.25, -0.2) is 17.6 Å². The van der Waals surface area contributed by atoms with Crippen LogP contribution in [0.15, 0.2) is 117 Å². The molecule has 1 N–H and O–H groups in total. The fraction of sp³-hybridized carbons (Fsp3) is 0.288. The quantitative estimate of drug-likeness (QED) is 0.178. The van der Waals surface area contributed by atoms with E-state index in [-0.39, 0.29) is 84.9 Å². The molecule has 2 saturated heterocycles. The lowest BCUT2D eigenvalue weighted by atomic mass is 9.93. The third-order valence-electron chi connectivity index (χ3n) is 13.8. The monoisotopic (exact) mass is 1040 g/mol. The molecular formula is C52H44F4N6O9S2. The Labute approximate surface area is 422 Å². The van der Waals surface area contributed by atoms with Crippen LogP contribution < -0.4 is 25.6 Å². The van der Waals surface area contributed by atoms with E-state index in [1.165, 1.54) is 59.7 Å². The summed E-state index contributed by atoms with van der Waals surface area (Å²) in [5.74, 6) is -5.02. The minimum Gasteiger partial charge on any atom is -0.502 e. The number of nitrogens with zero attached hydrogens (tertiary/aromatic N) is 6. The molecule has 21 heteroatoms. The summed E-state index contributed by atoms with van der Waals surface area (Å²) in [6, 6.07) is 21.7. The van der Waals surface area contributed by atoms with E-state index >= 15 is 8.78 Å². The summed E-state index contributed by atoms with van der Waals surface area (Å²) in [5, 5.41) is 14.3. The minimum absolute atomic E-state index is 0.0164. The second kappa shape index (κ2) is 19.4. The first-order valence-corrected chi connectivity index (χ1v) is 25.3. The number of ketones is 1. The summed E-state index contributed by atoms with van der Waals surface area (Å²) in [7, 11) is 0. The van der Waals surface area contributed by atoms with E-state index in [1.54, 1.807) is 26.6 Å². The van der Waals surface area contributed by atoms with Crippen LogP contribution in [0.4, 0.5) is 17.6 Å². The average Bonchev–Trinajstić information content (AvgIpc) is 3.67. The molecule has 4 atom stereocenters. The summed E-state index contributed by atoms with van der Waals surface area (Å²) in [5.41, 5.74) is 1.94. The van der Waals surface area contributed by atoms with E-state index in [2.05, 4.69) is 0 Å². The van der Waals surface area contributed by atoms with Gasteiger partial charge in [0.25, 0.3) is 11.8 Å². The van der Waals surface area contributed by atoms with Gasteiger partial charge in [-0.2, -0.15) is 0 Å². The van der Waals surface area contributed by atoms with Crippen molar-refractivity contribution in [2.45, 2.75) is 59.1 Å². The largest absolute Gasteiger partial charge is 0.502 e. The molecule has 376 valence electrons. The molecule has 4 aromatic carbocycles. The molecule has 6 aliphatic rings. The standard InChI is InChI=1S/C28H25F2N3O5S.C24H19F2N3O4S/c1-16(34)9-12-38-27-21(35)8-10-32-26(27)28(36)31-11-13-37-14-23(31)33(32)25-17-6-7-20(29)24(30)19(17)15-39-22-5-3-2-4-18(22)25;25-16-6-5-13-15(20(16)26)12-34-18-4-2-1-3-14(18)21(13)29-19-11-33-10-9-27(19)24(32)22-23(31)17(30)7-8-28(22)29/h2-8,10,23,25H,9,11-15H2,1H3;1-8,19,21,31H,9-12H2/t23-,25+;19-,21+/m11/s1. The number of Topliss-reactive ketones (excluding diaryl/α,β-unsaturated/α-hetero) is 1. The molecule has 6 aliphatic heterocycles. The van der Waals surface area contributed by atoms with Gasteiger partial charge in [-0.15, -0.1) is 23.5 Å². The number of rotatable bonds is 6. The Morgan fingerprint density at radius 1 is 0.644 bits per heavy atom. The number of aromatic nitrogens is 2. The fourth-order valence-electron chi connectivity index (χ4n) is 10.4. The van der Waals surface area contributed by atoms with Crippen molar-refractivity contribution in [3.63, 3.8) is 0 Å². The Morgan fingerprint density at radius 3 is 1.64 bits per heavy atom. The number of pyridine rings is 2. The summed E-state index contributed by atoms with van der Waals surface area (Å²) in [6.45, 7) is 2.84. The maximum absolute atomic E-state index is 15.2. The van der Waals surface area contributed by atoms with Crippen molar-refractivity contribution in [2.24, 2.45) is 0 Å². The number of aromatic hydroxyl groups is 1. The highest BCUT2D eigenvalue weighted by Gasteiger charge is 2.48. The van der Waals surface area contributed by atoms with Crippen molar-refractivity contribution in [3.05, 3.63) is 186 Å². The number of morpholine rings is 2. The Balaban J connectivity index is 0.000000159. The summed E-state index contributed by atoms with van der Waals surface area (Å²) < 4.78 is 79.3. The molecule has 0 radical (unpaired) electrons. The number of ether oxygens (including phenoxy) is 3. The molecule has 8 heterocycles. The predicted molar refractivity (Wildman–Crippen MR) is 260 cm³/mol. The van der Waals surface area contributed by atoms with Crippen LogP contribution in [0.5, 0.6) is 11.5 Å². The zero-order valence-corrected chi connectivity index (χ0v) is 40.5. The van der Waals surface area contributed by atoms with Crippen molar-refractivity contribution >= 4 is 41.1 Å². The van der Waals surface area contributed by atoms with Gasteiger partial charge in [0, 0.05) is 76.5 Å². The fourth-order valence-corrected chi connectivity index (χ4v) is 12.6. The number of hydrogen-bond acceptors (Lipinski definition) is 13. The first kappa shape index (κ1) is 48.2. The molecule has 6 aromatic rings. The maximum atomic E-state index is 15.2. The van der Waals surface area contributed by atoms with Crippen LogP contribution in [0.25, 0.3) is 0 Å². The zero-order valence-electron chi connectivity index (χ0n) is 38.8. The van der Waals surface area contributed by atoms with Crippen LogP contribution in [0.1, 0.15) is 79.8 Å². The van der Waals surface area contributed by atoms with Gasteiger partial charge in [-0.1, -0.05) is 48.5 Å². The molecule has 0 aliphatic carbocycles. The number of thioether (sulfide) groups is 2. The van der Waals surface area contributed by atoms with Crippen molar-refractivity contribution in [1.29, 1.82) is 0 Å². The van der Waals surface area contributed by atoms with Gasteiger partial charge in [-0.05, 0) is 53.4 Å². The molecule has 15 nitrogen and oxygen atoms in total. The third-order valence-corrected chi connectivity index (χ3v) is 16.0. The van der Waals surface area contributed by atoms with Gasteiger partial charge in [0.1, 0.15) is 18.1 Å². The summed E-state index contributed by atoms with van der Waals surface area (Å²) in [4.78, 5) is 68.8. The molecule has 2 aromatic heterocycles. The molecular weight excluding hydrogens is 993 g/mol. The topological polar surface area (TPSA) is 156 Å². The Kier molecular flexibility index (Phi) is 12.8. The molecule has 2 amide bonds. The average molecular weight is 1040 g/mol. The van der Waals surface area contributed by atoms with Crippen LogP contribution in [-0.2, 0) is 25.8 Å². The van der Waals surface area contributed by atoms with E-state index < -0.39 is 76.1 Å². The van der Waals surface area contributed by atoms with Gasteiger partial charge < -0.3 is 29.1 Å². The van der Waals surface area contributed by atoms with E-state index in [9.17, 15) is 37.9 Å². The number of halogens is 4. The highest BCUT2D eigenvalue weighted by molar-refractivity contribution is 7.98. The van der Waals surface area contributed by atoms with E-state index in [1.807, 2.05) is 58.5 Å². The van der Waals surface area contributed by atoms with Gasteiger partial charge in [0.15, 0.2) is 46.2 Å². The lowest BCUT2D eigenvalue weighted by Crippen LogP contribution is -2.66. The van der Waals surface area contributed by atoms with Crippen LogP contribution >= 0.6 is 23.5 Å². The van der Waals surface area contributed by atoms with Crippen LogP contribution in [0.2, 0.25) is 0 Å². The normalized spacial score (nSPS) is 20.6. The summed E-state index contributed by atoms with van der Waals surface area (Å²) >= 11 is 2.82. The minimum atomic E-state index is -0.930. The highest BCUT2D eigenvalue weighted by Crippen LogP contribution is 2.47. The third kappa shape index (κ3) is 8.21. The highest BCUT2D eigenvalue weighted by atomic mass is 32.2. The first-order valence-electron chi connectivity index (χ1n) is 23.4. The van der Waals surface area contributed by atoms with Crippen LogP contribution in [0.3, 0.4) is 0 Å². The number of carbonyl (C=O) groups excluding carboxylic acids is 3. The van der Waals surface area contributed by atoms with Gasteiger partial charge in [0.05, 0.1) is 45.1 Å². The SMILES string of the molecule is CC(=O)CCOc1c2n(ccc1=O)N([C@@H]1c3ccccc3SCc3c1ccc(F)c3F)[C@@H]1COCCN1C2=O.O=C1c2c(O)c(=O)ccn2N([C@@H]2c3ccccc3SCc3c2ccc(F)c3F)[C@@H]2COCCN12. The van der Waals surface area contributed by atoms with Crippen LogP contribution in [0, 0.1) is 23.3 Å². The Bertz CT molecular complexity index is 3380. The van der Waals surface area contributed by atoms with Crippen molar-refractivity contribution < 1.29 is 51.3 Å². The number of hydrogen-bond donors (Lipinski definition) is 1. The first-order chi connectivity index (χ1) is 35.3. The second-order valence-electron chi connectivity index (χ2n) is 17.9. The number of fused-ring (bicyclic) bond motifs is 8. The lowest BCUT2D eigenvalue weighted by Gasteiger charge is -2.51. The predicted octanol–water partition coefficient (Wildman–Crippen LogP) is 6.61. The van der Waals surface area contributed by atoms with E-state index in [4.69, 9.17) is 14.2 Å². The summed E-state index contributed by atoms with van der Waals surface area (Å²) in [6.07, 6.45) is 1.81. The molecule has 0 spiro atoms. The van der Waals surface area contributed by atoms with E-state index in [0.29, 0.717) is 24.3 Å². The van der Waals surface area contributed by atoms with Crippen molar-refractivity contribution in [2.75, 3.05) is 56.1 Å². The molecule has 0 saturated carbocycles. The number of carbonyl (C=O) groups is 3. The van der Waals surface area contributed by atoms with Gasteiger partial charge in [-0.3, -0.25) is 43.3 Å². The van der Waals surface area contributed by atoms with E-state index in [0.717, 1.165) is 33.1 Å². The van der Waals surface area contributed by atoms with Gasteiger partial charge in [0.2, 0.25) is 10.9 Å². The molecule has 73 heavy (non-hydrogen) atoms. The van der Waals surface area contributed by atoms with Gasteiger partial charge >= 0.3 is 0 Å².